The van der Waals surface area contributed by atoms with Crippen molar-refractivity contribution in [1.29, 1.82) is 0 Å². The molecule has 3 amide bonds. The Morgan fingerprint density at radius 2 is 2.00 bits per heavy atom. The summed E-state index contributed by atoms with van der Waals surface area (Å²) in [6.45, 7) is 0.370. The molecule has 1 heterocycles. The van der Waals surface area contributed by atoms with Crippen molar-refractivity contribution >= 4 is 23.7 Å². The van der Waals surface area contributed by atoms with Crippen molar-refractivity contribution in [2.24, 2.45) is 0 Å². The van der Waals surface area contributed by atoms with Gasteiger partial charge in [0, 0.05) is 24.6 Å². The molecule has 1 fully saturated rings. The topological polar surface area (TPSA) is 115 Å². The molecule has 1 aliphatic carbocycles. The minimum Gasteiger partial charge on any atom is -0.336 e. The third-order valence-corrected chi connectivity index (χ3v) is 4.69. The van der Waals surface area contributed by atoms with Crippen LogP contribution in [0.15, 0.2) is 35.5 Å². The second-order valence-corrected chi connectivity index (χ2v) is 6.86. The predicted molar refractivity (Wildman–Crippen MR) is 94.3 cm³/mol. The Labute approximate surface area is 149 Å². The van der Waals surface area contributed by atoms with Crippen molar-refractivity contribution in [3.8, 4) is 0 Å². The molecule has 0 unspecified atom stereocenters. The summed E-state index contributed by atoms with van der Waals surface area (Å²) in [7, 11) is 0. The van der Waals surface area contributed by atoms with Gasteiger partial charge in [-0.1, -0.05) is 42.1 Å². The number of amides is 3. The van der Waals surface area contributed by atoms with Gasteiger partial charge in [0.1, 0.15) is 0 Å². The van der Waals surface area contributed by atoms with E-state index in [0.717, 1.165) is 24.2 Å². The first-order valence-electron chi connectivity index (χ1n) is 8.08. The number of hydrogen-bond donors (Lipinski definition) is 3. The molecule has 9 heteroatoms. The van der Waals surface area contributed by atoms with Gasteiger partial charge in [-0.3, -0.25) is 10.1 Å². The van der Waals surface area contributed by atoms with Gasteiger partial charge in [-0.25, -0.2) is 9.47 Å². The number of hydrogen-bond acceptors (Lipinski definition) is 6. The highest BCUT2D eigenvalue weighted by molar-refractivity contribution is 7.99. The zero-order valence-corrected chi connectivity index (χ0v) is 14.5. The first-order chi connectivity index (χ1) is 12.1. The summed E-state index contributed by atoms with van der Waals surface area (Å²) in [4.78, 5) is 23.5. The Balaban J connectivity index is 1.35. The van der Waals surface area contributed by atoms with Crippen LogP contribution in [0.1, 0.15) is 36.6 Å². The van der Waals surface area contributed by atoms with Crippen LogP contribution in [0.25, 0.3) is 0 Å². The van der Waals surface area contributed by atoms with Gasteiger partial charge in [-0.05, 0) is 18.4 Å². The number of nitrogens with zero attached hydrogens (tertiary/aromatic N) is 3. The van der Waals surface area contributed by atoms with Crippen LogP contribution in [0.5, 0.6) is 0 Å². The lowest BCUT2D eigenvalue weighted by atomic mass is 10.2. The van der Waals surface area contributed by atoms with E-state index in [9.17, 15) is 9.59 Å². The Hall–Kier alpha value is -2.55. The molecule has 8 nitrogen and oxygen atoms in total. The van der Waals surface area contributed by atoms with E-state index in [1.54, 1.807) is 0 Å². The fourth-order valence-corrected chi connectivity index (χ4v) is 3.05. The summed E-state index contributed by atoms with van der Waals surface area (Å²) in [5, 5.41) is 13.7. The predicted octanol–water partition coefficient (Wildman–Crippen LogP) is 1.38. The number of nitrogens with two attached hydrogens (primary N) is 1. The van der Waals surface area contributed by atoms with Gasteiger partial charge in [0.25, 0.3) is 0 Å². The average molecular weight is 360 g/mol. The van der Waals surface area contributed by atoms with Crippen LogP contribution in [-0.4, -0.2) is 32.6 Å². The molecule has 1 aliphatic rings. The summed E-state index contributed by atoms with van der Waals surface area (Å²) >= 11 is 1.35. The smallest absolute Gasteiger partial charge is 0.321 e. The van der Waals surface area contributed by atoms with Crippen LogP contribution in [0.2, 0.25) is 0 Å². The van der Waals surface area contributed by atoms with Gasteiger partial charge in [-0.15, -0.1) is 10.2 Å². The molecule has 1 saturated carbocycles. The zero-order chi connectivity index (χ0) is 17.6. The molecule has 0 spiro atoms. The van der Waals surface area contributed by atoms with E-state index >= 15 is 0 Å². The molecule has 25 heavy (non-hydrogen) atoms. The lowest BCUT2D eigenvalue weighted by molar-refractivity contribution is -0.119. The molecule has 1 aromatic heterocycles. The Kier molecular flexibility index (Phi) is 5.54. The number of carbonyl (C=O) groups excluding carboxylic acids is 2. The maximum absolute atomic E-state index is 11.8. The molecule has 4 N–H and O–H groups in total. The van der Waals surface area contributed by atoms with Crippen molar-refractivity contribution in [3.05, 3.63) is 41.7 Å². The fourth-order valence-electron chi connectivity index (χ4n) is 2.25. The molecule has 2 aromatic rings. The number of nitrogen functional groups attached to an aromatic ring is 1. The van der Waals surface area contributed by atoms with Gasteiger partial charge in [0.05, 0.1) is 0 Å². The normalized spacial score (nSPS) is 13.4. The first-order valence-corrected chi connectivity index (χ1v) is 9.07. The number of thioether (sulfide) groups is 1. The van der Waals surface area contributed by atoms with Gasteiger partial charge in [-0.2, -0.15) is 0 Å². The van der Waals surface area contributed by atoms with Crippen molar-refractivity contribution < 1.29 is 9.59 Å². The quantitative estimate of drug-likeness (QED) is 0.507. The maximum Gasteiger partial charge on any atom is 0.321 e. The maximum atomic E-state index is 11.8. The Morgan fingerprint density at radius 1 is 1.24 bits per heavy atom. The summed E-state index contributed by atoms with van der Waals surface area (Å²) in [5.74, 6) is 7.29. The Bertz CT molecular complexity index is 744. The molecule has 132 valence electrons. The van der Waals surface area contributed by atoms with Crippen molar-refractivity contribution in [2.45, 2.75) is 36.9 Å². The van der Waals surface area contributed by atoms with E-state index in [2.05, 4.69) is 20.8 Å². The standard InChI is InChI=1S/C16H20N6O2S/c17-22-14(12-6-7-12)20-21-16(22)25-9-8-13(23)19-15(24)18-10-11-4-2-1-3-5-11/h1-5,12H,6-10,17H2,(H2,18,19,23,24). The molecule has 0 aliphatic heterocycles. The van der Waals surface area contributed by atoms with Crippen LogP contribution in [0, 0.1) is 0 Å². The number of benzene rings is 1. The van der Waals surface area contributed by atoms with Gasteiger partial charge >= 0.3 is 6.03 Å². The summed E-state index contributed by atoms with van der Waals surface area (Å²) in [6.07, 6.45) is 2.38. The third-order valence-electron chi connectivity index (χ3n) is 3.74. The number of aromatic nitrogens is 3. The average Bonchev–Trinajstić information content (AvgIpc) is 3.38. The number of rotatable bonds is 7. The molecule has 1 aromatic carbocycles. The summed E-state index contributed by atoms with van der Waals surface area (Å²) in [5.41, 5.74) is 0.967. The highest BCUT2D eigenvalue weighted by atomic mass is 32.2. The number of nitrogens with one attached hydrogen (secondary N) is 2. The van der Waals surface area contributed by atoms with Crippen LogP contribution in [0.4, 0.5) is 4.79 Å². The van der Waals surface area contributed by atoms with E-state index in [-0.39, 0.29) is 12.3 Å². The van der Waals surface area contributed by atoms with E-state index < -0.39 is 6.03 Å². The van der Waals surface area contributed by atoms with Gasteiger partial charge in [0.2, 0.25) is 11.1 Å². The van der Waals surface area contributed by atoms with E-state index in [4.69, 9.17) is 5.84 Å². The van der Waals surface area contributed by atoms with Crippen LogP contribution in [0.3, 0.4) is 0 Å². The summed E-state index contributed by atoms with van der Waals surface area (Å²) in [6, 6.07) is 8.98. The number of imide groups is 1. The van der Waals surface area contributed by atoms with Crippen LogP contribution in [-0.2, 0) is 11.3 Å². The second kappa shape index (κ2) is 8.02. The van der Waals surface area contributed by atoms with E-state index in [1.165, 1.54) is 16.4 Å². The number of urea groups is 1. The van der Waals surface area contributed by atoms with E-state index in [0.29, 0.717) is 23.4 Å². The van der Waals surface area contributed by atoms with E-state index in [1.807, 2.05) is 30.3 Å². The summed E-state index contributed by atoms with van der Waals surface area (Å²) < 4.78 is 1.49. The van der Waals surface area contributed by atoms with Crippen molar-refractivity contribution in [3.63, 3.8) is 0 Å². The second-order valence-electron chi connectivity index (χ2n) is 5.80. The van der Waals surface area contributed by atoms with Gasteiger partial charge < -0.3 is 11.2 Å². The van der Waals surface area contributed by atoms with Gasteiger partial charge in [0.15, 0.2) is 5.82 Å². The number of carbonyl (C=O) groups is 2. The minimum atomic E-state index is -0.503. The molecular formula is C16H20N6O2S. The molecule has 3 rings (SSSR count). The molecule has 0 radical (unpaired) electrons. The lowest BCUT2D eigenvalue weighted by Crippen LogP contribution is -2.39. The molecule has 0 atom stereocenters. The minimum absolute atomic E-state index is 0.190. The molecular weight excluding hydrogens is 340 g/mol. The largest absolute Gasteiger partial charge is 0.336 e. The Morgan fingerprint density at radius 3 is 2.72 bits per heavy atom. The lowest BCUT2D eigenvalue weighted by Gasteiger charge is -2.07. The monoisotopic (exact) mass is 360 g/mol. The van der Waals surface area contributed by atoms with Crippen LogP contribution < -0.4 is 16.5 Å². The fraction of sp³-hybridized carbons (Fsp3) is 0.375. The first kappa shape index (κ1) is 17.3. The highest BCUT2D eigenvalue weighted by Gasteiger charge is 2.29. The SMILES string of the molecule is Nn1c(SCCC(=O)NC(=O)NCc2ccccc2)nnc1C1CC1. The van der Waals surface area contributed by atoms with Crippen molar-refractivity contribution in [2.75, 3.05) is 11.6 Å². The molecule has 0 bridgehead atoms. The van der Waals surface area contributed by atoms with Crippen molar-refractivity contribution in [1.82, 2.24) is 25.5 Å². The molecule has 0 saturated heterocycles. The highest BCUT2D eigenvalue weighted by Crippen LogP contribution is 2.39. The van der Waals surface area contributed by atoms with Crippen LogP contribution >= 0.6 is 11.8 Å². The zero-order valence-electron chi connectivity index (χ0n) is 13.6. The third kappa shape index (κ3) is 4.96.